The van der Waals surface area contributed by atoms with Crippen LogP contribution in [0.1, 0.15) is 64.5 Å². The van der Waals surface area contributed by atoms with Crippen molar-refractivity contribution in [1.29, 1.82) is 0 Å². The van der Waals surface area contributed by atoms with Gasteiger partial charge in [-0.2, -0.15) is 0 Å². The molecule has 0 spiro atoms. The molecule has 3 aliphatic rings. The van der Waals surface area contributed by atoms with Crippen LogP contribution in [0.3, 0.4) is 0 Å². The van der Waals surface area contributed by atoms with Crippen LogP contribution in [0.2, 0.25) is 0 Å². The molecule has 2 aliphatic heterocycles. The van der Waals surface area contributed by atoms with Crippen LogP contribution in [-0.4, -0.2) is 30.8 Å². The first-order valence-corrected chi connectivity index (χ1v) is 11.3. The van der Waals surface area contributed by atoms with E-state index in [0.29, 0.717) is 18.6 Å². The van der Waals surface area contributed by atoms with Crippen molar-refractivity contribution in [3.63, 3.8) is 0 Å². The number of hydrogen-bond acceptors (Lipinski definition) is 4. The molecule has 1 saturated heterocycles. The average Bonchev–Trinajstić information content (AvgIpc) is 3.37. The van der Waals surface area contributed by atoms with Crippen molar-refractivity contribution in [2.75, 3.05) is 12.0 Å². The second kappa shape index (κ2) is 8.91. The van der Waals surface area contributed by atoms with Crippen molar-refractivity contribution in [2.45, 2.75) is 76.7 Å². The Labute approximate surface area is 185 Å². The molecular weight excluding hydrogens is 390 g/mol. The number of amides is 1. The Morgan fingerprint density at radius 3 is 2.48 bits per heavy atom. The molecule has 1 saturated carbocycles. The van der Waals surface area contributed by atoms with Crippen molar-refractivity contribution >= 4 is 11.6 Å². The molecule has 0 radical (unpaired) electrons. The lowest BCUT2D eigenvalue weighted by molar-refractivity contribution is -0.119. The first-order chi connectivity index (χ1) is 14.9. The summed E-state index contributed by atoms with van der Waals surface area (Å²) < 4.78 is 16.6. The highest BCUT2D eigenvalue weighted by Gasteiger charge is 2.42. The van der Waals surface area contributed by atoms with Gasteiger partial charge in [0, 0.05) is 30.2 Å². The Kier molecular flexibility index (Phi) is 6.24. The predicted octanol–water partition coefficient (Wildman–Crippen LogP) is 5.68. The fraction of sp³-hybridized carbons (Fsp3) is 0.500. The quantitative estimate of drug-likeness (QED) is 0.594. The third kappa shape index (κ3) is 4.87. The highest BCUT2D eigenvalue weighted by Crippen LogP contribution is 2.44. The first kappa shape index (κ1) is 21.7. The van der Waals surface area contributed by atoms with Crippen molar-refractivity contribution in [2.24, 2.45) is 0 Å². The van der Waals surface area contributed by atoms with E-state index in [9.17, 15) is 4.79 Å². The van der Waals surface area contributed by atoms with E-state index in [1.165, 1.54) is 19.3 Å². The van der Waals surface area contributed by atoms with E-state index >= 15 is 0 Å². The molecule has 2 heterocycles. The molecule has 2 fully saturated rings. The van der Waals surface area contributed by atoms with E-state index in [-0.39, 0.29) is 17.6 Å². The fourth-order valence-electron chi connectivity index (χ4n) is 4.63. The smallest absolute Gasteiger partial charge is 0.227 e. The summed E-state index contributed by atoms with van der Waals surface area (Å²) in [6.07, 6.45) is 6.68. The number of hydrogen-bond donors (Lipinski definition) is 0. The lowest BCUT2D eigenvalue weighted by atomic mass is 9.88. The molecule has 166 valence electrons. The number of epoxide rings is 1. The van der Waals surface area contributed by atoms with Crippen LogP contribution in [0.5, 0.6) is 11.5 Å². The lowest BCUT2D eigenvalue weighted by Gasteiger charge is -2.42. The van der Waals surface area contributed by atoms with Gasteiger partial charge in [0.15, 0.2) is 0 Å². The minimum atomic E-state index is -0.343. The minimum absolute atomic E-state index is 0.0699. The van der Waals surface area contributed by atoms with Crippen LogP contribution in [0, 0.1) is 0 Å². The van der Waals surface area contributed by atoms with Crippen LogP contribution in [-0.2, 0) is 9.53 Å². The number of anilines is 1. The average molecular weight is 424 g/mol. The van der Waals surface area contributed by atoms with E-state index < -0.39 is 0 Å². The van der Waals surface area contributed by atoms with Gasteiger partial charge >= 0.3 is 0 Å². The minimum Gasteiger partial charge on any atom is -0.497 e. The molecule has 1 amide bonds. The van der Waals surface area contributed by atoms with Gasteiger partial charge in [0.2, 0.25) is 5.91 Å². The Morgan fingerprint density at radius 2 is 1.87 bits per heavy atom. The summed E-state index contributed by atoms with van der Waals surface area (Å²) in [7, 11) is 1.64. The van der Waals surface area contributed by atoms with Gasteiger partial charge in [-0.05, 0) is 51.3 Å². The summed E-state index contributed by atoms with van der Waals surface area (Å²) in [5, 5.41) is 0. The van der Waals surface area contributed by atoms with E-state index in [0.717, 1.165) is 29.2 Å². The number of nitrogens with zero attached hydrogens (tertiary/aromatic N) is 1. The van der Waals surface area contributed by atoms with Gasteiger partial charge in [-0.1, -0.05) is 31.2 Å². The molecule has 5 heteroatoms. The van der Waals surface area contributed by atoms with E-state index in [2.05, 4.69) is 13.8 Å². The molecule has 1 aliphatic carbocycles. The third-order valence-electron chi connectivity index (χ3n) is 6.23. The fourth-order valence-corrected chi connectivity index (χ4v) is 4.63. The highest BCUT2D eigenvalue weighted by atomic mass is 16.6. The summed E-state index contributed by atoms with van der Waals surface area (Å²) in [6, 6.07) is 15.6. The van der Waals surface area contributed by atoms with Crippen molar-refractivity contribution in [1.82, 2.24) is 0 Å². The number of rotatable bonds is 4. The van der Waals surface area contributed by atoms with Gasteiger partial charge in [0.1, 0.15) is 17.1 Å². The van der Waals surface area contributed by atoms with Crippen molar-refractivity contribution in [3.8, 4) is 11.5 Å². The molecule has 0 aromatic heterocycles. The number of carbonyl (C=O) groups is 1. The molecule has 3 atom stereocenters. The monoisotopic (exact) mass is 423 g/mol. The predicted molar refractivity (Wildman–Crippen MR) is 122 cm³/mol. The zero-order valence-electron chi connectivity index (χ0n) is 19.0. The number of carbonyl (C=O) groups excluding carboxylic acids is 1. The Morgan fingerprint density at radius 1 is 1.13 bits per heavy atom. The maximum atomic E-state index is 12.9. The van der Waals surface area contributed by atoms with E-state index in [1.54, 1.807) is 7.11 Å². The maximum absolute atomic E-state index is 12.9. The van der Waals surface area contributed by atoms with Gasteiger partial charge in [-0.25, -0.2) is 0 Å². The Hall–Kier alpha value is -2.53. The Balaban J connectivity index is 0.000000325. The summed E-state index contributed by atoms with van der Waals surface area (Å²) in [5.41, 5.74) is 1.56. The molecule has 2 aromatic rings. The topological polar surface area (TPSA) is 51.3 Å². The molecule has 0 N–H and O–H groups in total. The van der Waals surface area contributed by atoms with Crippen LogP contribution in [0.15, 0.2) is 48.5 Å². The number of benzene rings is 2. The second-order valence-corrected chi connectivity index (χ2v) is 9.08. The van der Waals surface area contributed by atoms with E-state index in [4.69, 9.17) is 14.2 Å². The molecular formula is C26H33NO4. The number of methoxy groups -OCH3 is 1. The van der Waals surface area contributed by atoms with Crippen LogP contribution >= 0.6 is 0 Å². The third-order valence-corrected chi connectivity index (χ3v) is 6.23. The van der Waals surface area contributed by atoms with Crippen molar-refractivity contribution in [3.05, 3.63) is 54.1 Å². The molecule has 5 nitrogen and oxygen atoms in total. The zero-order valence-corrected chi connectivity index (χ0v) is 19.0. The van der Waals surface area contributed by atoms with Gasteiger partial charge in [0.05, 0.1) is 25.4 Å². The van der Waals surface area contributed by atoms with Gasteiger partial charge in [-0.15, -0.1) is 0 Å². The second-order valence-electron chi connectivity index (χ2n) is 9.08. The molecule has 0 bridgehead atoms. The molecule has 3 unspecified atom stereocenters. The molecule has 31 heavy (non-hydrogen) atoms. The standard InChI is InChI=1S/C21H25NO3.C5H8O/c1-5-20(23)22(15-9-8-10-16(13-15)24-4)18-14-21(2,3)25-19-12-7-6-11-17(18)19;1-2-4-5(3-1)6-4/h6-13,18H,5,14H2,1-4H3;4-5H,1-3H2. The molecule has 5 rings (SSSR count). The summed E-state index contributed by atoms with van der Waals surface area (Å²) >= 11 is 0. The van der Waals surface area contributed by atoms with Crippen molar-refractivity contribution < 1.29 is 19.0 Å². The molecule has 2 aromatic carbocycles. The maximum Gasteiger partial charge on any atom is 0.227 e. The van der Waals surface area contributed by atoms with Crippen LogP contribution in [0.4, 0.5) is 5.69 Å². The largest absolute Gasteiger partial charge is 0.497 e. The van der Waals surface area contributed by atoms with Gasteiger partial charge in [0.25, 0.3) is 0 Å². The van der Waals surface area contributed by atoms with E-state index in [1.807, 2.05) is 60.4 Å². The summed E-state index contributed by atoms with van der Waals surface area (Å²) in [6.45, 7) is 6.03. The SMILES string of the molecule is C1CC2OC2C1.CCC(=O)N(c1cccc(OC)c1)C1CC(C)(C)Oc2ccccc21. The van der Waals surface area contributed by atoms with Gasteiger partial charge in [-0.3, -0.25) is 4.79 Å². The Bertz CT molecular complexity index is 917. The summed E-state index contributed by atoms with van der Waals surface area (Å²) in [5.74, 6) is 1.68. The number of ether oxygens (including phenoxy) is 3. The normalized spacial score (nSPS) is 24.6. The summed E-state index contributed by atoms with van der Waals surface area (Å²) in [4.78, 5) is 14.8. The lowest BCUT2D eigenvalue weighted by Crippen LogP contribution is -2.43. The number of fused-ring (bicyclic) bond motifs is 2. The zero-order chi connectivity index (χ0) is 22.0. The first-order valence-electron chi connectivity index (χ1n) is 11.3. The number of para-hydroxylation sites is 1. The van der Waals surface area contributed by atoms with Crippen LogP contribution in [0.25, 0.3) is 0 Å². The van der Waals surface area contributed by atoms with Gasteiger partial charge < -0.3 is 19.1 Å². The highest BCUT2D eigenvalue weighted by molar-refractivity contribution is 5.94. The van der Waals surface area contributed by atoms with Crippen LogP contribution < -0.4 is 14.4 Å².